The Morgan fingerprint density at radius 1 is 1.16 bits per heavy atom. The van der Waals surface area contributed by atoms with Crippen LogP contribution in [0.1, 0.15) is 21.4 Å². The number of fused-ring (bicyclic) bond motifs is 1. The minimum absolute atomic E-state index is 0.0503. The number of carbonyl (C=O) groups is 1. The van der Waals surface area contributed by atoms with E-state index in [-0.39, 0.29) is 11.9 Å². The average molecular weight is 406 g/mol. The second-order valence-corrected chi connectivity index (χ2v) is 9.18. The van der Waals surface area contributed by atoms with Crippen LogP contribution in [0, 0.1) is 0 Å². The molecule has 0 saturated heterocycles. The van der Waals surface area contributed by atoms with Crippen LogP contribution in [-0.2, 0) is 11.2 Å². The smallest absolute Gasteiger partial charge is 0.233 e. The van der Waals surface area contributed by atoms with Gasteiger partial charge in [0.25, 0.3) is 0 Å². The van der Waals surface area contributed by atoms with Crippen LogP contribution >= 0.6 is 46.0 Å². The lowest BCUT2D eigenvalue weighted by molar-refractivity contribution is -0.130. The Labute approximate surface area is 164 Å². The quantitative estimate of drug-likeness (QED) is 0.516. The topological polar surface area (TPSA) is 20.3 Å². The molecule has 1 aromatic carbocycles. The lowest BCUT2D eigenvalue weighted by Crippen LogP contribution is -2.40. The Bertz CT molecular complexity index is 874. The van der Waals surface area contributed by atoms with Gasteiger partial charge >= 0.3 is 0 Å². The van der Waals surface area contributed by atoms with E-state index in [0.717, 1.165) is 17.9 Å². The standard InChI is InChI=1S/C19H16ClNOS3/c20-14-4-1-2-5-16(14)25-12-18(22)21-9-7-15-13(8-11-24-15)19(21)17-6-3-10-23-17/h1-6,8,10-11,19H,7,9,12H2. The molecule has 1 atom stereocenters. The van der Waals surface area contributed by atoms with Crippen molar-refractivity contribution in [2.45, 2.75) is 17.4 Å². The molecule has 25 heavy (non-hydrogen) atoms. The van der Waals surface area contributed by atoms with Crippen LogP contribution < -0.4 is 0 Å². The highest BCUT2D eigenvalue weighted by atomic mass is 35.5. The van der Waals surface area contributed by atoms with Crippen LogP contribution in [0.4, 0.5) is 0 Å². The van der Waals surface area contributed by atoms with Crippen LogP contribution in [-0.4, -0.2) is 23.1 Å². The van der Waals surface area contributed by atoms with Gasteiger partial charge in [-0.25, -0.2) is 0 Å². The summed E-state index contributed by atoms with van der Waals surface area (Å²) in [7, 11) is 0. The maximum absolute atomic E-state index is 13.0. The summed E-state index contributed by atoms with van der Waals surface area (Å²) >= 11 is 11.2. The van der Waals surface area contributed by atoms with E-state index in [2.05, 4.69) is 29.0 Å². The third kappa shape index (κ3) is 3.51. The third-order valence-electron chi connectivity index (χ3n) is 4.29. The molecule has 1 aliphatic rings. The van der Waals surface area contributed by atoms with Gasteiger partial charge in [0.1, 0.15) is 0 Å². The summed E-state index contributed by atoms with van der Waals surface area (Å²) in [6, 6.07) is 14.1. The summed E-state index contributed by atoms with van der Waals surface area (Å²) in [6.45, 7) is 0.776. The van der Waals surface area contributed by atoms with Crippen LogP contribution in [0.2, 0.25) is 5.02 Å². The van der Waals surface area contributed by atoms with Gasteiger partial charge < -0.3 is 4.90 Å². The van der Waals surface area contributed by atoms with Gasteiger partial charge in [0.15, 0.2) is 0 Å². The van der Waals surface area contributed by atoms with E-state index in [0.29, 0.717) is 10.8 Å². The fraction of sp³-hybridized carbons (Fsp3) is 0.211. The SMILES string of the molecule is O=C(CSc1ccccc1Cl)N1CCc2sccc2C1c1cccs1. The highest BCUT2D eigenvalue weighted by molar-refractivity contribution is 8.00. The number of hydrogen-bond acceptors (Lipinski definition) is 4. The normalized spacial score (nSPS) is 16.7. The molecule has 0 bridgehead atoms. The molecule has 6 heteroatoms. The molecule has 3 aromatic rings. The van der Waals surface area contributed by atoms with Crippen LogP contribution in [0.3, 0.4) is 0 Å². The van der Waals surface area contributed by atoms with E-state index < -0.39 is 0 Å². The molecule has 1 unspecified atom stereocenters. The predicted octanol–water partition coefficient (Wildman–Crippen LogP) is 5.73. The van der Waals surface area contributed by atoms with E-state index in [4.69, 9.17) is 11.6 Å². The van der Waals surface area contributed by atoms with Crippen molar-refractivity contribution in [1.82, 2.24) is 4.90 Å². The molecule has 0 saturated carbocycles. The number of nitrogens with zero attached hydrogens (tertiary/aromatic N) is 1. The van der Waals surface area contributed by atoms with Gasteiger partial charge in [-0.15, -0.1) is 34.4 Å². The molecule has 3 heterocycles. The fourth-order valence-corrected chi connectivity index (χ4v) is 6.01. The number of carbonyl (C=O) groups excluding carboxylic acids is 1. The summed E-state index contributed by atoms with van der Waals surface area (Å²) in [6.07, 6.45) is 0.942. The number of thioether (sulfide) groups is 1. The van der Waals surface area contributed by atoms with Gasteiger partial charge in [-0.2, -0.15) is 0 Å². The summed E-state index contributed by atoms with van der Waals surface area (Å²) in [5.41, 5.74) is 1.29. The van der Waals surface area contributed by atoms with Gasteiger partial charge in [0.2, 0.25) is 5.91 Å². The third-order valence-corrected chi connectivity index (χ3v) is 7.71. The first-order valence-corrected chi connectivity index (χ1v) is 11.1. The van der Waals surface area contributed by atoms with Gasteiger partial charge in [0, 0.05) is 21.2 Å². The minimum atomic E-state index is 0.0503. The molecule has 0 fully saturated rings. The summed E-state index contributed by atoms with van der Waals surface area (Å²) < 4.78 is 0. The molecule has 4 rings (SSSR count). The zero-order valence-electron chi connectivity index (χ0n) is 13.4. The molecule has 2 nitrogen and oxygen atoms in total. The Morgan fingerprint density at radius 3 is 2.84 bits per heavy atom. The number of halogens is 1. The van der Waals surface area contributed by atoms with Crippen molar-refractivity contribution < 1.29 is 4.79 Å². The van der Waals surface area contributed by atoms with Crippen molar-refractivity contribution in [3.8, 4) is 0 Å². The van der Waals surface area contributed by atoms with E-state index in [1.165, 1.54) is 27.1 Å². The van der Waals surface area contributed by atoms with E-state index in [9.17, 15) is 4.79 Å². The minimum Gasteiger partial charge on any atom is -0.330 e. The van der Waals surface area contributed by atoms with Crippen LogP contribution in [0.25, 0.3) is 0 Å². The number of thiophene rings is 2. The van der Waals surface area contributed by atoms with Gasteiger partial charge in [-0.05, 0) is 47.0 Å². The Kier molecular flexibility index (Phi) is 5.17. The fourth-order valence-electron chi connectivity index (χ4n) is 3.12. The van der Waals surface area contributed by atoms with E-state index in [1.54, 1.807) is 22.7 Å². The lowest BCUT2D eigenvalue weighted by Gasteiger charge is -2.35. The van der Waals surface area contributed by atoms with Gasteiger partial charge in [-0.3, -0.25) is 4.79 Å². The molecule has 0 N–H and O–H groups in total. The number of rotatable bonds is 4. The molecular weight excluding hydrogens is 390 g/mol. The monoisotopic (exact) mass is 405 g/mol. The van der Waals surface area contributed by atoms with Crippen molar-refractivity contribution in [2.75, 3.05) is 12.3 Å². The molecule has 1 amide bonds. The Morgan fingerprint density at radius 2 is 2.04 bits per heavy atom. The van der Waals surface area contributed by atoms with Crippen molar-refractivity contribution >= 4 is 51.9 Å². The van der Waals surface area contributed by atoms with Gasteiger partial charge in [-0.1, -0.05) is 29.8 Å². The van der Waals surface area contributed by atoms with Crippen molar-refractivity contribution in [2.24, 2.45) is 0 Å². The Balaban J connectivity index is 1.56. The molecule has 2 aromatic heterocycles. The first-order valence-electron chi connectivity index (χ1n) is 8.00. The first-order chi connectivity index (χ1) is 12.2. The maximum atomic E-state index is 13.0. The second-order valence-electron chi connectivity index (χ2n) is 5.77. The average Bonchev–Trinajstić information content (AvgIpc) is 3.31. The number of benzene rings is 1. The predicted molar refractivity (Wildman–Crippen MR) is 108 cm³/mol. The van der Waals surface area contributed by atoms with Crippen LogP contribution in [0.15, 0.2) is 58.1 Å². The van der Waals surface area contributed by atoms with Crippen molar-refractivity contribution in [3.63, 3.8) is 0 Å². The van der Waals surface area contributed by atoms with Gasteiger partial charge in [0.05, 0.1) is 16.8 Å². The molecule has 128 valence electrons. The zero-order chi connectivity index (χ0) is 17.2. The zero-order valence-corrected chi connectivity index (χ0v) is 16.6. The molecule has 0 aliphatic carbocycles. The number of hydrogen-bond donors (Lipinski definition) is 0. The molecule has 0 spiro atoms. The Hall–Kier alpha value is -1.27. The van der Waals surface area contributed by atoms with E-state index >= 15 is 0 Å². The second kappa shape index (κ2) is 7.54. The number of amides is 1. The molecular formula is C19H16ClNOS3. The molecule has 0 radical (unpaired) electrons. The highest BCUT2D eigenvalue weighted by Gasteiger charge is 2.33. The summed E-state index contributed by atoms with van der Waals surface area (Å²) in [4.78, 5) is 18.6. The van der Waals surface area contributed by atoms with E-state index in [1.807, 2.05) is 29.2 Å². The van der Waals surface area contributed by atoms with Crippen molar-refractivity contribution in [1.29, 1.82) is 0 Å². The highest BCUT2D eigenvalue weighted by Crippen LogP contribution is 2.40. The van der Waals surface area contributed by atoms with Crippen LogP contribution in [0.5, 0.6) is 0 Å². The largest absolute Gasteiger partial charge is 0.330 e. The lowest BCUT2D eigenvalue weighted by atomic mass is 9.98. The summed E-state index contributed by atoms with van der Waals surface area (Å²) in [5, 5.41) is 4.92. The maximum Gasteiger partial charge on any atom is 0.233 e. The summed E-state index contributed by atoms with van der Waals surface area (Å²) in [5.74, 6) is 0.575. The first kappa shape index (κ1) is 17.2. The molecule has 1 aliphatic heterocycles. The van der Waals surface area contributed by atoms with Crippen molar-refractivity contribution in [3.05, 3.63) is 73.6 Å².